The first-order valence-corrected chi connectivity index (χ1v) is 9.01. The van der Waals surface area contributed by atoms with E-state index in [9.17, 15) is 4.79 Å². The van der Waals surface area contributed by atoms with Gasteiger partial charge in [-0.1, -0.05) is 29.3 Å². The maximum Gasteiger partial charge on any atom is 0.333 e. The van der Waals surface area contributed by atoms with Crippen LogP contribution in [0.2, 0.25) is 10.0 Å². The molecule has 0 aromatic heterocycles. The van der Waals surface area contributed by atoms with Gasteiger partial charge in [0.25, 0.3) is 0 Å². The normalized spacial score (nSPS) is 24.4. The van der Waals surface area contributed by atoms with Crippen LogP contribution in [-0.4, -0.2) is 35.5 Å². The monoisotopic (exact) mass is 372 g/mol. The summed E-state index contributed by atoms with van der Waals surface area (Å²) in [5.41, 5.74) is 6.00. The molecule has 1 aromatic carbocycles. The number of likely N-dealkylation sites (tertiary alicyclic amines) is 1. The molecule has 0 bridgehead atoms. The molecule has 0 amide bonds. The first-order valence-electron chi connectivity index (χ1n) is 7.44. The van der Waals surface area contributed by atoms with E-state index in [4.69, 9.17) is 33.7 Å². The molecular formula is C16H18Cl2N2O2S. The van der Waals surface area contributed by atoms with Gasteiger partial charge in [-0.05, 0) is 49.7 Å². The van der Waals surface area contributed by atoms with Crippen molar-refractivity contribution in [2.45, 2.75) is 36.2 Å². The van der Waals surface area contributed by atoms with Crippen LogP contribution in [0.25, 0.3) is 0 Å². The molecule has 1 unspecified atom stereocenters. The molecule has 0 spiro atoms. The first-order chi connectivity index (χ1) is 10.9. The smallest absolute Gasteiger partial charge is 0.333 e. The maximum atomic E-state index is 12.2. The van der Waals surface area contributed by atoms with Crippen molar-refractivity contribution in [3.8, 4) is 0 Å². The molecule has 1 saturated heterocycles. The van der Waals surface area contributed by atoms with Gasteiger partial charge < -0.3 is 10.5 Å². The lowest BCUT2D eigenvalue weighted by atomic mass is 9.90. The van der Waals surface area contributed by atoms with Crippen molar-refractivity contribution in [3.05, 3.63) is 39.4 Å². The molecule has 2 heterocycles. The molecule has 0 radical (unpaired) electrons. The van der Waals surface area contributed by atoms with E-state index in [0.29, 0.717) is 20.0 Å². The predicted molar refractivity (Wildman–Crippen MR) is 93.7 cm³/mol. The van der Waals surface area contributed by atoms with Crippen LogP contribution < -0.4 is 5.73 Å². The van der Waals surface area contributed by atoms with Crippen LogP contribution in [0.5, 0.6) is 0 Å². The van der Waals surface area contributed by atoms with Crippen LogP contribution in [0, 0.1) is 0 Å². The molecule has 1 atom stereocenters. The number of benzene rings is 1. The van der Waals surface area contributed by atoms with Gasteiger partial charge >= 0.3 is 5.97 Å². The van der Waals surface area contributed by atoms with E-state index < -0.39 is 0 Å². The van der Waals surface area contributed by atoms with E-state index in [1.54, 1.807) is 18.2 Å². The number of cyclic esters (lactones) is 1. The number of rotatable bonds is 3. The number of thioether (sulfide) groups is 1. The molecule has 2 N–H and O–H groups in total. The summed E-state index contributed by atoms with van der Waals surface area (Å²) in [6, 6.07) is 4.95. The SMILES string of the molecule is CC1(N)CCN(C2C=C(Sc3c(Cl)cccc3Cl)OC2=O)CC1. The number of piperidine rings is 1. The molecule has 7 heteroatoms. The zero-order valence-electron chi connectivity index (χ0n) is 12.7. The second kappa shape index (κ2) is 6.65. The number of carbonyl (C=O) groups is 1. The quantitative estimate of drug-likeness (QED) is 0.820. The van der Waals surface area contributed by atoms with Gasteiger partial charge in [-0.3, -0.25) is 4.90 Å². The Hall–Kier alpha value is -0.720. The van der Waals surface area contributed by atoms with Gasteiger partial charge in [-0.2, -0.15) is 0 Å². The largest absolute Gasteiger partial charge is 0.418 e. The molecule has 1 aromatic rings. The Kier molecular flexibility index (Phi) is 4.95. The number of hydrogen-bond acceptors (Lipinski definition) is 5. The second-order valence-electron chi connectivity index (χ2n) is 6.19. The Labute approximate surface area is 149 Å². The van der Waals surface area contributed by atoms with E-state index >= 15 is 0 Å². The van der Waals surface area contributed by atoms with E-state index in [-0.39, 0.29) is 17.6 Å². The van der Waals surface area contributed by atoms with E-state index in [1.165, 1.54) is 11.8 Å². The molecule has 0 aliphatic carbocycles. The van der Waals surface area contributed by atoms with Crippen molar-refractivity contribution >= 4 is 40.9 Å². The minimum atomic E-state index is -0.352. The number of nitrogens with zero attached hydrogens (tertiary/aromatic N) is 1. The summed E-state index contributed by atoms with van der Waals surface area (Å²) in [5.74, 6) is -0.253. The predicted octanol–water partition coefficient (Wildman–Crippen LogP) is 3.67. The van der Waals surface area contributed by atoms with Crippen LogP contribution >= 0.6 is 35.0 Å². The van der Waals surface area contributed by atoms with Crippen molar-refractivity contribution in [2.24, 2.45) is 5.73 Å². The summed E-state index contributed by atoms with van der Waals surface area (Å²) >= 11 is 13.6. The lowest BCUT2D eigenvalue weighted by Crippen LogP contribution is -2.52. The lowest BCUT2D eigenvalue weighted by molar-refractivity contribution is -0.140. The molecule has 3 rings (SSSR count). The Morgan fingerprint density at radius 2 is 1.91 bits per heavy atom. The van der Waals surface area contributed by atoms with E-state index in [0.717, 1.165) is 25.9 Å². The highest BCUT2D eigenvalue weighted by molar-refractivity contribution is 8.03. The number of ether oxygens (including phenoxy) is 1. The minimum Gasteiger partial charge on any atom is -0.418 e. The first kappa shape index (κ1) is 17.1. The van der Waals surface area contributed by atoms with Gasteiger partial charge in [0.05, 0.1) is 14.9 Å². The second-order valence-corrected chi connectivity index (χ2v) is 8.02. The van der Waals surface area contributed by atoms with Crippen molar-refractivity contribution in [1.29, 1.82) is 0 Å². The van der Waals surface area contributed by atoms with Gasteiger partial charge in [0.2, 0.25) is 0 Å². The van der Waals surface area contributed by atoms with Crippen LogP contribution in [0.1, 0.15) is 19.8 Å². The standard InChI is InChI=1S/C16H18Cl2N2O2S/c1-16(19)5-7-20(8-6-16)12-9-13(22-15(12)21)23-14-10(17)3-2-4-11(14)18/h2-4,9,12H,5-8,19H2,1H3. The topological polar surface area (TPSA) is 55.6 Å². The fourth-order valence-electron chi connectivity index (χ4n) is 2.69. The number of hydrogen-bond donors (Lipinski definition) is 1. The van der Waals surface area contributed by atoms with Gasteiger partial charge in [-0.25, -0.2) is 4.79 Å². The molecule has 1 fully saturated rings. The highest BCUT2D eigenvalue weighted by Gasteiger charge is 2.37. The third-order valence-electron chi connectivity index (χ3n) is 4.19. The summed E-state index contributed by atoms with van der Waals surface area (Å²) in [4.78, 5) is 15.0. The van der Waals surface area contributed by atoms with Gasteiger partial charge in [-0.15, -0.1) is 0 Å². The van der Waals surface area contributed by atoms with Crippen molar-refractivity contribution in [1.82, 2.24) is 4.90 Å². The Morgan fingerprint density at radius 1 is 1.30 bits per heavy atom. The zero-order valence-corrected chi connectivity index (χ0v) is 15.0. The summed E-state index contributed by atoms with van der Waals surface area (Å²) < 4.78 is 5.39. The number of carbonyl (C=O) groups excluding carboxylic acids is 1. The molecule has 0 saturated carbocycles. The zero-order chi connectivity index (χ0) is 16.6. The maximum absolute atomic E-state index is 12.2. The summed E-state index contributed by atoms with van der Waals surface area (Å²) in [7, 11) is 0. The van der Waals surface area contributed by atoms with Gasteiger partial charge in [0, 0.05) is 18.6 Å². The van der Waals surface area contributed by atoms with Crippen LogP contribution in [0.15, 0.2) is 34.3 Å². The third kappa shape index (κ3) is 3.86. The highest BCUT2D eigenvalue weighted by atomic mass is 35.5. The molecule has 2 aliphatic rings. The van der Waals surface area contributed by atoms with Crippen molar-refractivity contribution in [2.75, 3.05) is 13.1 Å². The minimum absolute atomic E-state index is 0.147. The molecule has 4 nitrogen and oxygen atoms in total. The molecule has 23 heavy (non-hydrogen) atoms. The van der Waals surface area contributed by atoms with E-state index in [1.807, 2.05) is 13.0 Å². The molecule has 124 valence electrons. The molecular weight excluding hydrogens is 355 g/mol. The Balaban J connectivity index is 1.72. The van der Waals surface area contributed by atoms with Crippen molar-refractivity contribution < 1.29 is 9.53 Å². The highest BCUT2D eigenvalue weighted by Crippen LogP contribution is 2.40. The Bertz CT molecular complexity index is 633. The van der Waals surface area contributed by atoms with Crippen molar-refractivity contribution in [3.63, 3.8) is 0 Å². The third-order valence-corrected chi connectivity index (χ3v) is 6.11. The number of esters is 1. The fraction of sp³-hybridized carbons (Fsp3) is 0.438. The summed E-state index contributed by atoms with van der Waals surface area (Å²) in [5, 5.41) is 1.61. The summed E-state index contributed by atoms with van der Waals surface area (Å²) in [6.07, 6.45) is 3.57. The van der Waals surface area contributed by atoms with Gasteiger partial charge in [0.15, 0.2) is 5.09 Å². The van der Waals surface area contributed by atoms with Crippen LogP contribution in [0.4, 0.5) is 0 Å². The number of halogens is 2. The summed E-state index contributed by atoms with van der Waals surface area (Å²) in [6.45, 7) is 3.62. The average molecular weight is 373 g/mol. The molecule has 2 aliphatic heterocycles. The Morgan fingerprint density at radius 3 is 2.52 bits per heavy atom. The fourth-order valence-corrected chi connectivity index (χ4v) is 4.18. The van der Waals surface area contributed by atoms with Gasteiger partial charge in [0.1, 0.15) is 6.04 Å². The van der Waals surface area contributed by atoms with Crippen LogP contribution in [0.3, 0.4) is 0 Å². The van der Waals surface area contributed by atoms with Crippen LogP contribution in [-0.2, 0) is 9.53 Å². The number of nitrogens with two attached hydrogens (primary N) is 1. The average Bonchev–Trinajstić information content (AvgIpc) is 2.84. The lowest BCUT2D eigenvalue weighted by Gasteiger charge is -2.37. The van der Waals surface area contributed by atoms with E-state index in [2.05, 4.69) is 4.90 Å².